The summed E-state index contributed by atoms with van der Waals surface area (Å²) < 4.78 is 0. The zero-order valence-electron chi connectivity index (χ0n) is 14.6. The number of piperazine rings is 1. The Bertz CT molecular complexity index is 860. The summed E-state index contributed by atoms with van der Waals surface area (Å²) >= 11 is 6.09. The van der Waals surface area contributed by atoms with E-state index in [1.165, 1.54) is 10.5 Å². The molecule has 0 spiro atoms. The van der Waals surface area contributed by atoms with Gasteiger partial charge in [0.05, 0.1) is 0 Å². The third kappa shape index (κ3) is 3.92. The summed E-state index contributed by atoms with van der Waals surface area (Å²) in [6.07, 6.45) is 0.964. The molecule has 1 aromatic heterocycles. The van der Waals surface area contributed by atoms with Crippen molar-refractivity contribution in [3.63, 3.8) is 0 Å². The van der Waals surface area contributed by atoms with Crippen LogP contribution in [-0.2, 0) is 0 Å². The number of benzene rings is 2. The minimum atomic E-state index is 0.627. The topological polar surface area (TPSA) is 46.4 Å². The zero-order chi connectivity index (χ0) is 17.8. The molecule has 2 heterocycles. The summed E-state index contributed by atoms with van der Waals surface area (Å²) in [6, 6.07) is 15.9. The molecular weight excluding hydrogens is 350 g/mol. The lowest BCUT2D eigenvalue weighted by Crippen LogP contribution is -2.46. The first-order valence-electron chi connectivity index (χ1n) is 8.96. The number of para-hydroxylation sites is 1. The second-order valence-corrected chi connectivity index (χ2v) is 6.88. The molecule has 6 nitrogen and oxygen atoms in total. The predicted molar refractivity (Wildman–Crippen MR) is 104 cm³/mol. The van der Waals surface area contributed by atoms with Crippen molar-refractivity contribution in [1.29, 1.82) is 0 Å². The second kappa shape index (κ2) is 7.93. The van der Waals surface area contributed by atoms with Crippen LogP contribution in [0.1, 0.15) is 6.42 Å². The minimum absolute atomic E-state index is 0.627. The number of anilines is 1. The van der Waals surface area contributed by atoms with E-state index < -0.39 is 0 Å². The lowest BCUT2D eigenvalue weighted by Gasteiger charge is -2.36. The number of halogens is 1. The molecule has 0 saturated carbocycles. The molecule has 0 bridgehead atoms. The van der Waals surface area contributed by atoms with E-state index in [2.05, 4.69) is 26.2 Å². The van der Waals surface area contributed by atoms with Crippen LogP contribution >= 0.6 is 11.6 Å². The molecule has 1 aliphatic rings. The monoisotopic (exact) mass is 371 g/mol. The SMILES string of the molecule is Clc1cccc(N2CCN(CCCOn3nnc4ccccc43)CC2)c1. The highest BCUT2D eigenvalue weighted by molar-refractivity contribution is 6.30. The van der Waals surface area contributed by atoms with Gasteiger partial charge in [0.25, 0.3) is 0 Å². The summed E-state index contributed by atoms with van der Waals surface area (Å²) in [6.45, 7) is 5.80. The van der Waals surface area contributed by atoms with Gasteiger partial charge in [0.15, 0.2) is 0 Å². The van der Waals surface area contributed by atoms with E-state index >= 15 is 0 Å². The molecule has 26 heavy (non-hydrogen) atoms. The summed E-state index contributed by atoms with van der Waals surface area (Å²) in [5.41, 5.74) is 2.96. The molecule has 0 atom stereocenters. The fourth-order valence-corrected chi connectivity index (χ4v) is 3.47. The predicted octanol–water partition coefficient (Wildman–Crippen LogP) is 2.73. The first-order chi connectivity index (χ1) is 12.8. The van der Waals surface area contributed by atoms with Crippen molar-refractivity contribution in [1.82, 2.24) is 20.1 Å². The van der Waals surface area contributed by atoms with Gasteiger partial charge in [-0.25, -0.2) is 0 Å². The molecule has 3 aromatic rings. The number of fused-ring (bicyclic) bond motifs is 1. The van der Waals surface area contributed by atoms with Crippen LogP contribution in [0, 0.1) is 0 Å². The Morgan fingerprint density at radius 3 is 2.69 bits per heavy atom. The first-order valence-corrected chi connectivity index (χ1v) is 9.34. The number of aromatic nitrogens is 3. The number of nitrogens with zero attached hydrogens (tertiary/aromatic N) is 5. The standard InChI is InChI=1S/C19H22ClN5O/c20-16-5-3-6-17(15-16)24-12-10-23(11-13-24)9-4-14-26-25-19-8-2-1-7-18(19)21-22-25/h1-3,5-8,15H,4,9-14H2. The maximum absolute atomic E-state index is 6.09. The number of rotatable bonds is 6. The van der Waals surface area contributed by atoms with Gasteiger partial charge >= 0.3 is 0 Å². The van der Waals surface area contributed by atoms with Crippen molar-refractivity contribution < 1.29 is 4.84 Å². The Labute approximate surface area is 157 Å². The Morgan fingerprint density at radius 2 is 1.85 bits per heavy atom. The van der Waals surface area contributed by atoms with E-state index in [0.29, 0.717) is 6.61 Å². The van der Waals surface area contributed by atoms with Gasteiger partial charge < -0.3 is 9.74 Å². The van der Waals surface area contributed by atoms with Crippen molar-refractivity contribution >= 4 is 28.3 Å². The van der Waals surface area contributed by atoms with Crippen LogP contribution in [0.5, 0.6) is 0 Å². The smallest absolute Gasteiger partial charge is 0.130 e. The van der Waals surface area contributed by atoms with Crippen molar-refractivity contribution in [2.24, 2.45) is 0 Å². The Morgan fingerprint density at radius 1 is 1.00 bits per heavy atom. The van der Waals surface area contributed by atoms with Crippen molar-refractivity contribution in [2.45, 2.75) is 6.42 Å². The van der Waals surface area contributed by atoms with Crippen LogP contribution < -0.4 is 9.74 Å². The van der Waals surface area contributed by atoms with Crippen LogP contribution in [0.4, 0.5) is 5.69 Å². The van der Waals surface area contributed by atoms with Crippen molar-refractivity contribution in [2.75, 3.05) is 44.2 Å². The van der Waals surface area contributed by atoms with Crippen LogP contribution in [0.15, 0.2) is 48.5 Å². The molecule has 1 saturated heterocycles. The minimum Gasteiger partial charge on any atom is -0.395 e. The van der Waals surface area contributed by atoms with Gasteiger partial charge in [-0.2, -0.15) is 0 Å². The molecule has 1 aliphatic heterocycles. The van der Waals surface area contributed by atoms with Gasteiger partial charge in [0.1, 0.15) is 17.6 Å². The van der Waals surface area contributed by atoms with Crippen molar-refractivity contribution in [3.05, 3.63) is 53.6 Å². The molecule has 0 N–H and O–H groups in total. The van der Waals surface area contributed by atoms with E-state index in [9.17, 15) is 0 Å². The molecule has 0 aliphatic carbocycles. The third-order valence-corrected chi connectivity index (χ3v) is 4.93. The zero-order valence-corrected chi connectivity index (χ0v) is 15.3. The molecule has 0 amide bonds. The molecule has 0 unspecified atom stereocenters. The van der Waals surface area contributed by atoms with Gasteiger partial charge in [-0.15, -0.1) is 5.10 Å². The van der Waals surface area contributed by atoms with Crippen LogP contribution in [0.25, 0.3) is 11.0 Å². The van der Waals surface area contributed by atoms with E-state index in [-0.39, 0.29) is 0 Å². The van der Waals surface area contributed by atoms with E-state index in [1.54, 1.807) is 0 Å². The Hall–Kier alpha value is -2.31. The highest BCUT2D eigenvalue weighted by Gasteiger charge is 2.17. The van der Waals surface area contributed by atoms with E-state index in [0.717, 1.165) is 55.2 Å². The molecule has 7 heteroatoms. The first kappa shape index (κ1) is 17.1. The maximum Gasteiger partial charge on any atom is 0.130 e. The van der Waals surface area contributed by atoms with Crippen LogP contribution in [0.2, 0.25) is 5.02 Å². The Balaban J connectivity index is 1.20. The Kier molecular flexibility index (Phi) is 5.22. The normalized spacial score (nSPS) is 15.5. The average molecular weight is 372 g/mol. The molecule has 136 valence electrons. The molecule has 1 fully saturated rings. The maximum atomic E-state index is 6.09. The lowest BCUT2D eigenvalue weighted by molar-refractivity contribution is 0.0785. The average Bonchev–Trinajstić information content (AvgIpc) is 3.09. The lowest BCUT2D eigenvalue weighted by atomic mass is 10.2. The van der Waals surface area contributed by atoms with Gasteiger partial charge in [0, 0.05) is 43.4 Å². The second-order valence-electron chi connectivity index (χ2n) is 6.45. The number of hydrogen-bond donors (Lipinski definition) is 0. The van der Waals surface area contributed by atoms with Gasteiger partial charge in [0.2, 0.25) is 0 Å². The molecule has 0 radical (unpaired) electrons. The van der Waals surface area contributed by atoms with E-state index in [1.807, 2.05) is 42.5 Å². The largest absolute Gasteiger partial charge is 0.395 e. The summed E-state index contributed by atoms with van der Waals surface area (Å²) in [7, 11) is 0. The van der Waals surface area contributed by atoms with Crippen LogP contribution in [0.3, 0.4) is 0 Å². The van der Waals surface area contributed by atoms with E-state index in [4.69, 9.17) is 16.4 Å². The molecule has 2 aromatic carbocycles. The quantitative estimate of drug-likeness (QED) is 0.623. The van der Waals surface area contributed by atoms with Gasteiger partial charge in [-0.3, -0.25) is 4.90 Å². The summed E-state index contributed by atoms with van der Waals surface area (Å²) in [5, 5.41) is 8.93. The number of hydrogen-bond acceptors (Lipinski definition) is 5. The molecule has 4 rings (SSSR count). The summed E-state index contributed by atoms with van der Waals surface area (Å²) in [5.74, 6) is 0. The van der Waals surface area contributed by atoms with Gasteiger partial charge in [-0.1, -0.05) is 34.6 Å². The third-order valence-electron chi connectivity index (χ3n) is 4.70. The van der Waals surface area contributed by atoms with Crippen LogP contribution in [-0.4, -0.2) is 59.4 Å². The van der Waals surface area contributed by atoms with Gasteiger partial charge in [-0.05, 0) is 42.0 Å². The highest BCUT2D eigenvalue weighted by atomic mass is 35.5. The molecular formula is C19H22ClN5O. The highest BCUT2D eigenvalue weighted by Crippen LogP contribution is 2.20. The summed E-state index contributed by atoms with van der Waals surface area (Å²) in [4.78, 5) is 12.1. The fraction of sp³-hybridized carbons (Fsp3) is 0.368. The fourth-order valence-electron chi connectivity index (χ4n) is 3.28. The van der Waals surface area contributed by atoms with Crippen molar-refractivity contribution in [3.8, 4) is 0 Å².